The van der Waals surface area contributed by atoms with E-state index in [4.69, 9.17) is 22.1 Å². The fraction of sp³-hybridized carbons (Fsp3) is 0.571. The second kappa shape index (κ2) is 5.85. The van der Waals surface area contributed by atoms with E-state index < -0.39 is 0 Å². The molecule has 2 N–H and O–H groups in total. The Morgan fingerprint density at radius 2 is 1.88 bits per heavy atom. The molecule has 0 spiro atoms. The lowest BCUT2D eigenvalue weighted by atomic mass is 9.83. The minimum absolute atomic E-state index is 0.0128. The maximum absolute atomic E-state index is 6.23. The van der Waals surface area contributed by atoms with Gasteiger partial charge in [0.25, 0.3) is 0 Å². The van der Waals surface area contributed by atoms with E-state index in [9.17, 15) is 0 Å². The molecule has 0 saturated heterocycles. The van der Waals surface area contributed by atoms with Crippen molar-refractivity contribution in [1.82, 2.24) is 0 Å². The first-order chi connectivity index (χ1) is 7.86. The van der Waals surface area contributed by atoms with Crippen LogP contribution in [0.2, 0.25) is 5.02 Å². The van der Waals surface area contributed by atoms with Gasteiger partial charge in [-0.25, -0.2) is 0 Å². The van der Waals surface area contributed by atoms with E-state index in [1.165, 1.54) is 0 Å². The van der Waals surface area contributed by atoms with E-state index in [1.54, 1.807) is 7.11 Å². The zero-order valence-electron chi connectivity index (χ0n) is 11.0. The minimum atomic E-state index is -0.0556. The number of ether oxygens (including phenoxy) is 1. The molecule has 0 saturated carbocycles. The maximum Gasteiger partial charge on any atom is 0.0773 e. The number of nitrogens with two attached hydrogens (primary N) is 1. The number of rotatable bonds is 4. The van der Waals surface area contributed by atoms with Crippen molar-refractivity contribution in [2.24, 2.45) is 11.1 Å². The van der Waals surface area contributed by atoms with Crippen LogP contribution in [-0.2, 0) is 11.2 Å². The Kier molecular flexibility index (Phi) is 4.99. The van der Waals surface area contributed by atoms with Crippen molar-refractivity contribution in [1.29, 1.82) is 0 Å². The first-order valence-corrected chi connectivity index (χ1v) is 6.26. The number of methoxy groups -OCH3 is 1. The molecule has 1 aromatic rings. The Hall–Kier alpha value is -0.570. The second-order valence-corrected chi connectivity index (χ2v) is 5.89. The summed E-state index contributed by atoms with van der Waals surface area (Å²) in [6.45, 7) is 6.40. The summed E-state index contributed by atoms with van der Waals surface area (Å²) in [6, 6.07) is 7.75. The number of benzene rings is 1. The predicted octanol–water partition coefficient (Wildman–Crippen LogP) is 3.27. The first-order valence-electron chi connectivity index (χ1n) is 5.88. The normalized spacial score (nSPS) is 15.6. The number of hydrogen-bond donors (Lipinski definition) is 1. The van der Waals surface area contributed by atoms with E-state index in [1.807, 2.05) is 24.3 Å². The molecule has 1 rings (SSSR count). The van der Waals surface area contributed by atoms with Crippen molar-refractivity contribution < 1.29 is 4.74 Å². The van der Waals surface area contributed by atoms with E-state index >= 15 is 0 Å². The van der Waals surface area contributed by atoms with Crippen LogP contribution in [0.1, 0.15) is 26.3 Å². The van der Waals surface area contributed by atoms with Gasteiger partial charge in [-0.2, -0.15) is 0 Å². The molecule has 2 unspecified atom stereocenters. The van der Waals surface area contributed by atoms with Gasteiger partial charge in [0.1, 0.15) is 0 Å². The lowest BCUT2D eigenvalue weighted by molar-refractivity contribution is -0.00165. The fourth-order valence-corrected chi connectivity index (χ4v) is 2.41. The molecule has 0 aliphatic carbocycles. The second-order valence-electron chi connectivity index (χ2n) is 5.48. The Labute approximate surface area is 109 Å². The average molecular weight is 256 g/mol. The van der Waals surface area contributed by atoms with Gasteiger partial charge >= 0.3 is 0 Å². The highest BCUT2D eigenvalue weighted by atomic mass is 35.5. The zero-order chi connectivity index (χ0) is 13.1. The highest BCUT2D eigenvalue weighted by Gasteiger charge is 2.30. The third-order valence-corrected chi connectivity index (χ3v) is 3.28. The van der Waals surface area contributed by atoms with Crippen LogP contribution in [-0.4, -0.2) is 19.3 Å². The SMILES string of the molecule is COC(C(N)Cc1ccccc1Cl)C(C)(C)C. The van der Waals surface area contributed by atoms with Gasteiger partial charge in [-0.1, -0.05) is 50.6 Å². The van der Waals surface area contributed by atoms with Gasteiger partial charge in [0.2, 0.25) is 0 Å². The third kappa shape index (κ3) is 3.98. The Morgan fingerprint density at radius 3 is 2.35 bits per heavy atom. The summed E-state index contributed by atoms with van der Waals surface area (Å²) in [6.07, 6.45) is 0.744. The summed E-state index contributed by atoms with van der Waals surface area (Å²) < 4.78 is 5.52. The molecule has 0 aliphatic rings. The van der Waals surface area contributed by atoms with E-state index in [0.717, 1.165) is 17.0 Å². The molecule has 0 fully saturated rings. The first kappa shape index (κ1) is 14.5. The van der Waals surface area contributed by atoms with Crippen LogP contribution in [0, 0.1) is 5.41 Å². The quantitative estimate of drug-likeness (QED) is 0.896. The van der Waals surface area contributed by atoms with Crippen molar-refractivity contribution >= 4 is 11.6 Å². The standard InChI is InChI=1S/C14H22ClNO/c1-14(2,3)13(17-4)12(16)9-10-7-5-6-8-11(10)15/h5-8,12-13H,9,16H2,1-4H3. The molecule has 17 heavy (non-hydrogen) atoms. The molecule has 2 atom stereocenters. The summed E-state index contributed by atoms with van der Waals surface area (Å²) in [5, 5.41) is 0.770. The van der Waals surface area contributed by atoms with Crippen LogP contribution >= 0.6 is 11.6 Å². The minimum Gasteiger partial charge on any atom is -0.379 e. The van der Waals surface area contributed by atoms with Crippen molar-refractivity contribution in [3.05, 3.63) is 34.9 Å². The molecule has 0 radical (unpaired) electrons. The van der Waals surface area contributed by atoms with E-state index in [2.05, 4.69) is 20.8 Å². The molecule has 3 heteroatoms. The molecule has 1 aromatic carbocycles. The number of hydrogen-bond acceptors (Lipinski definition) is 2. The molecular weight excluding hydrogens is 234 g/mol. The lowest BCUT2D eigenvalue weighted by Gasteiger charge is -2.34. The predicted molar refractivity (Wildman–Crippen MR) is 73.4 cm³/mol. The van der Waals surface area contributed by atoms with Gasteiger partial charge in [0.15, 0.2) is 0 Å². The van der Waals surface area contributed by atoms with Crippen LogP contribution < -0.4 is 5.73 Å². The molecule has 0 heterocycles. The van der Waals surface area contributed by atoms with Crippen LogP contribution in [0.15, 0.2) is 24.3 Å². The van der Waals surface area contributed by atoms with Gasteiger partial charge in [-0.05, 0) is 23.5 Å². The number of halogens is 1. The van der Waals surface area contributed by atoms with E-state index in [-0.39, 0.29) is 17.6 Å². The Morgan fingerprint density at radius 1 is 1.29 bits per heavy atom. The van der Waals surface area contributed by atoms with Gasteiger partial charge in [-0.3, -0.25) is 0 Å². The molecular formula is C14H22ClNO. The van der Waals surface area contributed by atoms with Crippen molar-refractivity contribution in [2.75, 3.05) is 7.11 Å². The van der Waals surface area contributed by atoms with Crippen molar-refractivity contribution in [2.45, 2.75) is 39.3 Å². The van der Waals surface area contributed by atoms with Crippen LogP contribution in [0.25, 0.3) is 0 Å². The zero-order valence-corrected chi connectivity index (χ0v) is 11.8. The maximum atomic E-state index is 6.23. The summed E-state index contributed by atoms with van der Waals surface area (Å²) in [4.78, 5) is 0. The molecule has 0 amide bonds. The van der Waals surface area contributed by atoms with Gasteiger partial charge < -0.3 is 10.5 Å². The molecule has 2 nitrogen and oxygen atoms in total. The monoisotopic (exact) mass is 255 g/mol. The molecule has 0 aromatic heterocycles. The third-order valence-electron chi connectivity index (χ3n) is 2.91. The smallest absolute Gasteiger partial charge is 0.0773 e. The summed E-state index contributed by atoms with van der Waals surface area (Å²) in [7, 11) is 1.71. The van der Waals surface area contributed by atoms with Gasteiger partial charge in [0.05, 0.1) is 6.10 Å². The van der Waals surface area contributed by atoms with Gasteiger partial charge in [0, 0.05) is 18.2 Å². The summed E-state index contributed by atoms with van der Waals surface area (Å²) in [5.74, 6) is 0. The summed E-state index contributed by atoms with van der Waals surface area (Å²) in [5.41, 5.74) is 7.33. The fourth-order valence-electron chi connectivity index (χ4n) is 2.20. The topological polar surface area (TPSA) is 35.2 Å². The van der Waals surface area contributed by atoms with E-state index in [0.29, 0.717) is 0 Å². The van der Waals surface area contributed by atoms with Crippen LogP contribution in [0.5, 0.6) is 0 Å². The average Bonchev–Trinajstić information content (AvgIpc) is 2.20. The molecule has 96 valence electrons. The summed E-state index contributed by atoms with van der Waals surface area (Å²) >= 11 is 6.13. The highest BCUT2D eigenvalue weighted by Crippen LogP contribution is 2.26. The molecule has 0 bridgehead atoms. The largest absolute Gasteiger partial charge is 0.379 e. The van der Waals surface area contributed by atoms with Gasteiger partial charge in [-0.15, -0.1) is 0 Å². The Bertz CT molecular complexity index is 359. The highest BCUT2D eigenvalue weighted by molar-refractivity contribution is 6.31. The van der Waals surface area contributed by atoms with Crippen LogP contribution in [0.3, 0.4) is 0 Å². The lowest BCUT2D eigenvalue weighted by Crippen LogP contribution is -2.46. The molecule has 0 aliphatic heterocycles. The van der Waals surface area contributed by atoms with Crippen molar-refractivity contribution in [3.63, 3.8) is 0 Å². The van der Waals surface area contributed by atoms with Crippen molar-refractivity contribution in [3.8, 4) is 0 Å². The Balaban J connectivity index is 2.78. The van der Waals surface area contributed by atoms with Crippen LogP contribution in [0.4, 0.5) is 0 Å².